The number of nitrogens with two attached hydrogens (primary N) is 1. The minimum Gasteiger partial charge on any atom is -0.461 e. The van der Waals surface area contributed by atoms with Crippen LogP contribution in [0.2, 0.25) is 0 Å². The van der Waals surface area contributed by atoms with Gasteiger partial charge < -0.3 is 15.4 Å². The van der Waals surface area contributed by atoms with E-state index in [0.29, 0.717) is 5.92 Å². The Morgan fingerprint density at radius 1 is 1.25 bits per heavy atom. The number of hydrogen-bond acceptors (Lipinski definition) is 4. The minimum atomic E-state index is -0.521. The van der Waals surface area contributed by atoms with Crippen LogP contribution in [-0.2, 0) is 9.53 Å². The SMILES string of the molecule is CC(C)C(N)C(=O)OC1CCN2CCC3C=CC=CC3=C2C1.Cl.Cl. The summed E-state index contributed by atoms with van der Waals surface area (Å²) in [4.78, 5) is 14.6. The normalized spacial score (nSPS) is 26.1. The van der Waals surface area contributed by atoms with E-state index in [2.05, 4.69) is 29.2 Å². The van der Waals surface area contributed by atoms with Gasteiger partial charge in [-0.15, -0.1) is 24.8 Å². The number of nitrogens with zero attached hydrogens (tertiary/aromatic N) is 1. The highest BCUT2D eigenvalue weighted by Crippen LogP contribution is 2.37. The van der Waals surface area contributed by atoms with Crippen molar-refractivity contribution < 1.29 is 9.53 Å². The van der Waals surface area contributed by atoms with E-state index in [1.807, 2.05) is 13.8 Å². The van der Waals surface area contributed by atoms with Crippen LogP contribution in [-0.4, -0.2) is 36.1 Å². The van der Waals surface area contributed by atoms with Crippen molar-refractivity contribution in [3.05, 3.63) is 35.6 Å². The Morgan fingerprint density at radius 3 is 2.67 bits per heavy atom. The third-order valence-corrected chi connectivity index (χ3v) is 4.97. The average Bonchev–Trinajstić information content (AvgIpc) is 2.53. The highest BCUT2D eigenvalue weighted by atomic mass is 35.5. The fourth-order valence-electron chi connectivity index (χ4n) is 3.49. The van der Waals surface area contributed by atoms with Gasteiger partial charge in [-0.1, -0.05) is 38.2 Å². The molecule has 6 heteroatoms. The van der Waals surface area contributed by atoms with Gasteiger partial charge in [-0.25, -0.2) is 0 Å². The topological polar surface area (TPSA) is 55.6 Å². The lowest BCUT2D eigenvalue weighted by Gasteiger charge is -2.42. The van der Waals surface area contributed by atoms with E-state index < -0.39 is 6.04 Å². The first-order valence-electron chi connectivity index (χ1n) is 8.35. The van der Waals surface area contributed by atoms with E-state index in [-0.39, 0.29) is 42.8 Å². The second kappa shape index (κ2) is 8.93. The minimum absolute atomic E-state index is 0. The maximum atomic E-state index is 12.1. The number of halogens is 2. The maximum Gasteiger partial charge on any atom is 0.323 e. The number of rotatable bonds is 3. The van der Waals surface area contributed by atoms with Gasteiger partial charge in [-0.2, -0.15) is 0 Å². The maximum absolute atomic E-state index is 12.1. The molecule has 0 radical (unpaired) electrons. The molecule has 0 saturated carbocycles. The fraction of sp³-hybridized carbons (Fsp3) is 0.611. The zero-order chi connectivity index (χ0) is 15.7. The summed E-state index contributed by atoms with van der Waals surface area (Å²) >= 11 is 0. The molecule has 0 aromatic heterocycles. The first-order chi connectivity index (χ1) is 10.6. The van der Waals surface area contributed by atoms with Gasteiger partial charge in [0.15, 0.2) is 0 Å². The lowest BCUT2D eigenvalue weighted by molar-refractivity contribution is -0.153. The van der Waals surface area contributed by atoms with E-state index in [1.165, 1.54) is 17.7 Å². The molecule has 0 spiro atoms. The van der Waals surface area contributed by atoms with E-state index in [1.54, 1.807) is 0 Å². The highest BCUT2D eigenvalue weighted by Gasteiger charge is 2.33. The fourth-order valence-corrected chi connectivity index (χ4v) is 3.49. The molecule has 0 aromatic carbocycles. The van der Waals surface area contributed by atoms with E-state index >= 15 is 0 Å². The Morgan fingerprint density at radius 2 is 1.96 bits per heavy atom. The van der Waals surface area contributed by atoms with Crippen molar-refractivity contribution in [1.29, 1.82) is 0 Å². The third-order valence-electron chi connectivity index (χ3n) is 4.97. The Labute approximate surface area is 157 Å². The van der Waals surface area contributed by atoms with Crippen molar-refractivity contribution in [2.45, 2.75) is 45.3 Å². The zero-order valence-corrected chi connectivity index (χ0v) is 15.9. The predicted octanol–water partition coefficient (Wildman–Crippen LogP) is 3.22. The summed E-state index contributed by atoms with van der Waals surface area (Å²) < 4.78 is 5.68. The van der Waals surface area contributed by atoms with Crippen LogP contribution in [0.25, 0.3) is 0 Å². The van der Waals surface area contributed by atoms with Gasteiger partial charge in [-0.3, -0.25) is 4.79 Å². The Kier molecular flexibility index (Phi) is 7.84. The van der Waals surface area contributed by atoms with Crippen LogP contribution in [0.5, 0.6) is 0 Å². The van der Waals surface area contributed by atoms with Crippen molar-refractivity contribution in [2.24, 2.45) is 17.6 Å². The summed E-state index contributed by atoms with van der Waals surface area (Å²) in [5.41, 5.74) is 8.66. The first-order valence-corrected chi connectivity index (χ1v) is 8.35. The van der Waals surface area contributed by atoms with E-state index in [4.69, 9.17) is 10.5 Å². The van der Waals surface area contributed by atoms with Gasteiger partial charge in [0.05, 0.1) is 0 Å². The first kappa shape index (κ1) is 21.1. The molecule has 3 atom stereocenters. The van der Waals surface area contributed by atoms with Crippen LogP contribution in [0.15, 0.2) is 35.6 Å². The highest BCUT2D eigenvalue weighted by molar-refractivity contribution is 5.85. The van der Waals surface area contributed by atoms with Crippen LogP contribution in [0, 0.1) is 11.8 Å². The molecule has 0 aromatic rings. The monoisotopic (exact) mass is 374 g/mol. The van der Waals surface area contributed by atoms with Crippen LogP contribution in [0.1, 0.15) is 33.1 Å². The summed E-state index contributed by atoms with van der Waals surface area (Å²) in [6.07, 6.45) is 11.6. The molecular formula is C18H28Cl2N2O2. The van der Waals surface area contributed by atoms with Gasteiger partial charge in [0.1, 0.15) is 12.1 Å². The molecule has 3 aliphatic rings. The van der Waals surface area contributed by atoms with E-state index in [0.717, 1.165) is 25.9 Å². The summed E-state index contributed by atoms with van der Waals surface area (Å²) in [5, 5.41) is 0. The lowest BCUT2D eigenvalue weighted by atomic mass is 9.83. The number of hydrogen-bond donors (Lipinski definition) is 1. The van der Waals surface area contributed by atoms with Gasteiger partial charge in [0, 0.05) is 37.5 Å². The Balaban J connectivity index is 0.00000144. The molecule has 1 saturated heterocycles. The number of carbonyl (C=O) groups is 1. The molecular weight excluding hydrogens is 347 g/mol. The number of esters is 1. The van der Waals surface area contributed by atoms with Crippen molar-refractivity contribution in [3.63, 3.8) is 0 Å². The second-order valence-electron chi connectivity index (χ2n) is 6.85. The predicted molar refractivity (Wildman–Crippen MR) is 101 cm³/mol. The molecule has 2 N–H and O–H groups in total. The van der Waals surface area contributed by atoms with E-state index in [9.17, 15) is 4.79 Å². The van der Waals surface area contributed by atoms with Crippen LogP contribution in [0.4, 0.5) is 0 Å². The average molecular weight is 375 g/mol. The van der Waals surface area contributed by atoms with Crippen LogP contribution >= 0.6 is 24.8 Å². The molecule has 3 rings (SSSR count). The second-order valence-corrected chi connectivity index (χ2v) is 6.85. The number of allylic oxidation sites excluding steroid dienone is 5. The summed E-state index contributed by atoms with van der Waals surface area (Å²) in [7, 11) is 0. The molecule has 4 nitrogen and oxygen atoms in total. The molecule has 1 fully saturated rings. The smallest absolute Gasteiger partial charge is 0.323 e. The zero-order valence-electron chi connectivity index (χ0n) is 14.3. The van der Waals surface area contributed by atoms with Crippen molar-refractivity contribution in [1.82, 2.24) is 4.90 Å². The van der Waals surface area contributed by atoms with Crippen LogP contribution in [0.3, 0.4) is 0 Å². The molecule has 1 aliphatic carbocycles. The molecule has 0 bridgehead atoms. The van der Waals surface area contributed by atoms with Gasteiger partial charge in [0.2, 0.25) is 0 Å². The summed E-state index contributed by atoms with van der Waals surface area (Å²) in [6, 6.07) is -0.521. The van der Waals surface area contributed by atoms with Gasteiger partial charge >= 0.3 is 5.97 Å². The number of fused-ring (bicyclic) bond motifs is 2. The summed E-state index contributed by atoms with van der Waals surface area (Å²) in [5.74, 6) is 0.384. The molecule has 24 heavy (non-hydrogen) atoms. The number of ether oxygens (including phenoxy) is 1. The standard InChI is InChI=1S/C18H26N2O2.2ClH/c1-12(2)17(19)18(21)22-14-8-10-20-9-7-13-5-3-4-6-15(13)16(20)11-14;;/h3-6,12-14,17H,7-11,19H2,1-2H3;2*1H. The molecule has 136 valence electrons. The van der Waals surface area contributed by atoms with Crippen molar-refractivity contribution in [2.75, 3.05) is 13.1 Å². The Hall–Kier alpha value is -0.970. The van der Waals surface area contributed by atoms with Crippen molar-refractivity contribution in [3.8, 4) is 0 Å². The number of piperidine rings is 1. The summed E-state index contributed by atoms with van der Waals surface area (Å²) in [6.45, 7) is 5.97. The largest absolute Gasteiger partial charge is 0.461 e. The van der Waals surface area contributed by atoms with Crippen molar-refractivity contribution >= 4 is 30.8 Å². The molecule has 2 aliphatic heterocycles. The van der Waals surface area contributed by atoms with Gasteiger partial charge in [-0.05, 0) is 17.9 Å². The third kappa shape index (κ3) is 4.35. The van der Waals surface area contributed by atoms with Gasteiger partial charge in [0.25, 0.3) is 0 Å². The lowest BCUT2D eigenvalue weighted by Crippen LogP contribution is -2.44. The van der Waals surface area contributed by atoms with Crippen LogP contribution < -0.4 is 5.73 Å². The quantitative estimate of drug-likeness (QED) is 0.770. The number of carbonyl (C=O) groups excluding carboxylic acids is 1. The molecule has 3 unspecified atom stereocenters. The molecule has 0 amide bonds. The molecule has 2 heterocycles. The Bertz CT molecular complexity index is 543.